The van der Waals surface area contributed by atoms with E-state index < -0.39 is 23.5 Å². The number of carboxylic acids is 1. The number of furan rings is 1. The SMILES string of the molecule is Cc1coc2c(C)c3oc(=O)c(CCC(=O)N[C@@H](C(=O)O)C(C)C)c(C)c3cc12. The maximum Gasteiger partial charge on any atom is 0.339 e. The minimum Gasteiger partial charge on any atom is -0.480 e. The Morgan fingerprint density at radius 1 is 1.10 bits per heavy atom. The van der Waals surface area contributed by atoms with E-state index in [1.165, 1.54) is 0 Å². The van der Waals surface area contributed by atoms with Gasteiger partial charge in [0, 0.05) is 28.3 Å². The number of rotatable bonds is 6. The number of benzene rings is 1. The van der Waals surface area contributed by atoms with Crippen LogP contribution in [-0.4, -0.2) is 23.0 Å². The van der Waals surface area contributed by atoms with E-state index in [0.29, 0.717) is 16.7 Å². The van der Waals surface area contributed by atoms with Crippen molar-refractivity contribution in [2.45, 2.75) is 53.5 Å². The molecule has 0 unspecified atom stereocenters. The third-order valence-corrected chi connectivity index (χ3v) is 5.39. The van der Waals surface area contributed by atoms with Crippen molar-refractivity contribution in [1.82, 2.24) is 5.32 Å². The summed E-state index contributed by atoms with van der Waals surface area (Å²) >= 11 is 0. The number of hydrogen-bond acceptors (Lipinski definition) is 5. The van der Waals surface area contributed by atoms with Crippen molar-refractivity contribution >= 4 is 33.8 Å². The molecule has 0 aliphatic carbocycles. The molecular formula is C22H25NO6. The van der Waals surface area contributed by atoms with Crippen molar-refractivity contribution in [3.05, 3.63) is 45.0 Å². The van der Waals surface area contributed by atoms with Crippen LogP contribution in [0.3, 0.4) is 0 Å². The van der Waals surface area contributed by atoms with Gasteiger partial charge in [-0.15, -0.1) is 0 Å². The minimum atomic E-state index is -1.08. The van der Waals surface area contributed by atoms with Crippen LogP contribution >= 0.6 is 0 Å². The molecule has 7 heteroatoms. The van der Waals surface area contributed by atoms with Crippen molar-refractivity contribution in [1.29, 1.82) is 0 Å². The Bertz CT molecular complexity index is 1170. The van der Waals surface area contributed by atoms with Crippen molar-refractivity contribution < 1.29 is 23.5 Å². The second-order valence-corrected chi connectivity index (χ2v) is 7.79. The van der Waals surface area contributed by atoms with Crippen molar-refractivity contribution in [2.75, 3.05) is 0 Å². The van der Waals surface area contributed by atoms with Gasteiger partial charge in [-0.3, -0.25) is 4.79 Å². The highest BCUT2D eigenvalue weighted by molar-refractivity contribution is 5.99. The van der Waals surface area contributed by atoms with Crippen LogP contribution in [0.5, 0.6) is 0 Å². The largest absolute Gasteiger partial charge is 0.480 e. The average Bonchev–Trinajstić information content (AvgIpc) is 3.01. The number of fused-ring (bicyclic) bond motifs is 2. The third-order valence-electron chi connectivity index (χ3n) is 5.39. The van der Waals surface area contributed by atoms with Crippen molar-refractivity contribution in [3.63, 3.8) is 0 Å². The average molecular weight is 399 g/mol. The van der Waals surface area contributed by atoms with Crippen LogP contribution in [0.4, 0.5) is 0 Å². The van der Waals surface area contributed by atoms with Gasteiger partial charge < -0.3 is 19.3 Å². The second-order valence-electron chi connectivity index (χ2n) is 7.79. The van der Waals surface area contributed by atoms with Gasteiger partial charge in [-0.05, 0) is 50.3 Å². The first-order chi connectivity index (χ1) is 13.6. The Labute approximate surface area is 167 Å². The summed E-state index contributed by atoms with van der Waals surface area (Å²) in [6, 6.07) is 0.981. The number of carbonyl (C=O) groups excluding carboxylic acids is 1. The van der Waals surface area contributed by atoms with E-state index in [4.69, 9.17) is 8.83 Å². The highest BCUT2D eigenvalue weighted by atomic mass is 16.4. The first-order valence-electron chi connectivity index (χ1n) is 9.57. The minimum absolute atomic E-state index is 0.000425. The lowest BCUT2D eigenvalue weighted by atomic mass is 9.98. The van der Waals surface area contributed by atoms with Gasteiger partial charge in [-0.2, -0.15) is 0 Å². The van der Waals surface area contributed by atoms with Gasteiger partial charge in [0.05, 0.1) is 6.26 Å². The van der Waals surface area contributed by atoms with E-state index in [1.807, 2.05) is 26.8 Å². The predicted octanol–water partition coefficient (Wildman–Crippen LogP) is 3.62. The molecule has 2 N–H and O–H groups in total. The maximum atomic E-state index is 12.6. The number of nitrogens with one attached hydrogen (secondary N) is 1. The Balaban J connectivity index is 1.93. The number of aliphatic carboxylic acids is 1. The molecule has 7 nitrogen and oxygen atoms in total. The molecule has 0 fully saturated rings. The van der Waals surface area contributed by atoms with Gasteiger partial charge in [0.1, 0.15) is 17.2 Å². The number of carbonyl (C=O) groups is 2. The molecule has 154 valence electrons. The van der Waals surface area contributed by atoms with Crippen LogP contribution in [0.25, 0.3) is 21.9 Å². The molecular weight excluding hydrogens is 374 g/mol. The fourth-order valence-corrected chi connectivity index (χ4v) is 3.61. The first-order valence-corrected chi connectivity index (χ1v) is 9.57. The molecule has 2 heterocycles. The lowest BCUT2D eigenvalue weighted by Gasteiger charge is -2.18. The summed E-state index contributed by atoms with van der Waals surface area (Å²) in [5.74, 6) is -1.74. The molecule has 1 aromatic carbocycles. The third kappa shape index (κ3) is 3.77. The molecule has 1 amide bonds. The highest BCUT2D eigenvalue weighted by Gasteiger charge is 2.24. The highest BCUT2D eigenvalue weighted by Crippen LogP contribution is 2.32. The maximum absolute atomic E-state index is 12.6. The van der Waals surface area contributed by atoms with E-state index in [2.05, 4.69) is 5.32 Å². The van der Waals surface area contributed by atoms with Crippen LogP contribution in [0, 0.1) is 26.7 Å². The lowest BCUT2D eigenvalue weighted by Crippen LogP contribution is -2.44. The van der Waals surface area contributed by atoms with Crippen LogP contribution < -0.4 is 10.9 Å². The van der Waals surface area contributed by atoms with E-state index in [0.717, 1.165) is 27.5 Å². The standard InChI is InChI=1S/C22H25NO6/c1-10(2)18(21(25)26)23-17(24)7-6-14-12(4)16-8-15-11(3)9-28-19(15)13(5)20(16)29-22(14)27/h8-10,18H,6-7H2,1-5H3,(H,23,24)(H,25,26)/t18-/m1/s1. The Morgan fingerprint density at radius 2 is 1.79 bits per heavy atom. The Kier molecular flexibility index (Phi) is 5.50. The predicted molar refractivity (Wildman–Crippen MR) is 109 cm³/mol. The molecule has 0 aliphatic rings. The molecule has 0 aliphatic heterocycles. The van der Waals surface area contributed by atoms with Crippen molar-refractivity contribution in [3.8, 4) is 0 Å². The van der Waals surface area contributed by atoms with Gasteiger partial charge in [0.25, 0.3) is 0 Å². The summed E-state index contributed by atoms with van der Waals surface area (Å²) in [4.78, 5) is 36.1. The summed E-state index contributed by atoms with van der Waals surface area (Å²) < 4.78 is 11.2. The molecule has 0 saturated carbocycles. The van der Waals surface area contributed by atoms with Gasteiger partial charge in [-0.1, -0.05) is 13.8 Å². The van der Waals surface area contributed by atoms with Crippen LogP contribution in [0.15, 0.2) is 26.0 Å². The molecule has 29 heavy (non-hydrogen) atoms. The fraction of sp³-hybridized carbons (Fsp3) is 0.409. The Morgan fingerprint density at radius 3 is 2.41 bits per heavy atom. The smallest absolute Gasteiger partial charge is 0.339 e. The summed E-state index contributed by atoms with van der Waals surface area (Å²) in [6.07, 6.45) is 1.84. The van der Waals surface area contributed by atoms with Gasteiger partial charge in [-0.25, -0.2) is 9.59 Å². The molecule has 3 aromatic rings. The number of carboxylic acid groups (broad SMARTS) is 1. The van der Waals surface area contributed by atoms with Crippen LogP contribution in [0.1, 0.15) is 42.5 Å². The zero-order valence-electron chi connectivity index (χ0n) is 17.2. The number of aryl methyl sites for hydroxylation is 3. The second kappa shape index (κ2) is 7.73. The van der Waals surface area contributed by atoms with E-state index >= 15 is 0 Å². The van der Waals surface area contributed by atoms with Crippen LogP contribution in [0.2, 0.25) is 0 Å². The summed E-state index contributed by atoms with van der Waals surface area (Å²) in [5.41, 5.74) is 3.61. The van der Waals surface area contributed by atoms with Crippen LogP contribution in [-0.2, 0) is 16.0 Å². The quantitative estimate of drug-likeness (QED) is 0.613. The van der Waals surface area contributed by atoms with E-state index in [-0.39, 0.29) is 18.8 Å². The van der Waals surface area contributed by atoms with E-state index in [1.54, 1.807) is 20.1 Å². The number of hydrogen-bond donors (Lipinski definition) is 2. The monoisotopic (exact) mass is 399 g/mol. The van der Waals surface area contributed by atoms with Gasteiger partial charge >= 0.3 is 11.6 Å². The molecule has 0 radical (unpaired) electrons. The topological polar surface area (TPSA) is 110 Å². The number of amides is 1. The summed E-state index contributed by atoms with van der Waals surface area (Å²) in [5, 5.41) is 13.5. The molecule has 3 rings (SSSR count). The van der Waals surface area contributed by atoms with Crippen molar-refractivity contribution in [2.24, 2.45) is 5.92 Å². The molecule has 0 spiro atoms. The fourth-order valence-electron chi connectivity index (χ4n) is 3.61. The van der Waals surface area contributed by atoms with Gasteiger partial charge in [0.2, 0.25) is 5.91 Å². The normalized spacial score (nSPS) is 12.6. The molecule has 1 atom stereocenters. The molecule has 2 aromatic heterocycles. The first kappa shape index (κ1) is 20.6. The van der Waals surface area contributed by atoms with Gasteiger partial charge in [0.15, 0.2) is 0 Å². The summed E-state index contributed by atoms with van der Waals surface area (Å²) in [7, 11) is 0. The lowest BCUT2D eigenvalue weighted by molar-refractivity contribution is -0.143. The zero-order valence-corrected chi connectivity index (χ0v) is 17.2. The summed E-state index contributed by atoms with van der Waals surface area (Å²) in [6.45, 7) is 9.08. The molecule has 0 saturated heterocycles. The Hall–Kier alpha value is -3.09. The zero-order chi connectivity index (χ0) is 21.5. The van der Waals surface area contributed by atoms with E-state index in [9.17, 15) is 19.5 Å². The molecule has 0 bridgehead atoms.